The van der Waals surface area contributed by atoms with Gasteiger partial charge in [-0.2, -0.15) is 4.73 Å². The van der Waals surface area contributed by atoms with Crippen LogP contribution in [0.3, 0.4) is 0 Å². The Bertz CT molecular complexity index is 875. The van der Waals surface area contributed by atoms with E-state index in [2.05, 4.69) is 15.0 Å². The monoisotopic (exact) mass is 441 g/mol. The smallest absolute Gasteiger partial charge is 0.353 e. The fraction of sp³-hybridized carbons (Fsp3) is 0.611. The molecule has 0 aromatic carbocycles. The van der Waals surface area contributed by atoms with Crippen molar-refractivity contribution < 1.29 is 27.9 Å². The summed E-state index contributed by atoms with van der Waals surface area (Å²) in [4.78, 5) is 18.0. The van der Waals surface area contributed by atoms with Gasteiger partial charge in [-0.3, -0.25) is 4.57 Å². The maximum Gasteiger partial charge on any atom is 0.353 e. The highest BCUT2D eigenvalue weighted by Crippen LogP contribution is 2.49. The molecule has 0 radical (unpaired) electrons. The highest BCUT2D eigenvalue weighted by molar-refractivity contribution is 7.57. The van der Waals surface area contributed by atoms with Gasteiger partial charge in [0.25, 0.3) is 0 Å². The standard InChI is InChI=1S/C18H28N5O6P/c1-3-27-30(24,28-4-2)10-8-14(29-15-7-5-6-9-25-15)11-26-23-13-22-16-17(19)20-12-21-18(16)23/h8,10,12-15H,3-7,9,11H2,1-2H3,(H2,19,20,21)/b10-8+/t14-,15+/m0/s1. The second kappa shape index (κ2) is 10.8. The van der Waals surface area contributed by atoms with Crippen LogP contribution in [0.2, 0.25) is 0 Å². The van der Waals surface area contributed by atoms with E-state index in [1.54, 1.807) is 19.9 Å². The number of nitrogens with zero attached hydrogens (tertiary/aromatic N) is 4. The Morgan fingerprint density at radius 2 is 2.10 bits per heavy atom. The lowest BCUT2D eigenvalue weighted by Crippen LogP contribution is -2.32. The van der Waals surface area contributed by atoms with Crippen LogP contribution in [0.25, 0.3) is 11.2 Å². The molecule has 2 aromatic heterocycles. The van der Waals surface area contributed by atoms with Crippen molar-refractivity contribution in [3.8, 4) is 0 Å². The quantitative estimate of drug-likeness (QED) is 0.519. The van der Waals surface area contributed by atoms with Gasteiger partial charge in [-0.15, -0.1) is 0 Å². The molecule has 12 heteroatoms. The number of anilines is 1. The van der Waals surface area contributed by atoms with Crippen molar-refractivity contribution in [2.45, 2.75) is 45.5 Å². The van der Waals surface area contributed by atoms with Crippen molar-refractivity contribution in [2.24, 2.45) is 0 Å². The molecule has 2 N–H and O–H groups in total. The zero-order valence-corrected chi connectivity index (χ0v) is 18.1. The van der Waals surface area contributed by atoms with Gasteiger partial charge < -0.3 is 29.1 Å². The van der Waals surface area contributed by atoms with Crippen LogP contribution >= 0.6 is 7.60 Å². The third-order valence-corrected chi connectivity index (χ3v) is 6.05. The van der Waals surface area contributed by atoms with Crippen molar-refractivity contribution in [1.82, 2.24) is 19.7 Å². The minimum Gasteiger partial charge on any atom is -0.408 e. The molecule has 3 rings (SSSR count). The summed E-state index contributed by atoms with van der Waals surface area (Å²) in [5.41, 5.74) is 6.69. The summed E-state index contributed by atoms with van der Waals surface area (Å²) < 4.78 is 36.4. The van der Waals surface area contributed by atoms with Crippen LogP contribution in [0.15, 0.2) is 24.5 Å². The van der Waals surface area contributed by atoms with Crippen molar-refractivity contribution in [3.63, 3.8) is 0 Å². The van der Waals surface area contributed by atoms with Crippen molar-refractivity contribution in [3.05, 3.63) is 24.5 Å². The fourth-order valence-electron chi connectivity index (χ4n) is 2.92. The lowest BCUT2D eigenvalue weighted by molar-refractivity contribution is -0.187. The molecule has 0 bridgehead atoms. The molecular weight excluding hydrogens is 413 g/mol. The molecule has 0 unspecified atom stereocenters. The lowest BCUT2D eigenvalue weighted by atomic mass is 10.2. The summed E-state index contributed by atoms with van der Waals surface area (Å²) in [6.45, 7) is 4.76. The number of fused-ring (bicyclic) bond motifs is 1. The summed E-state index contributed by atoms with van der Waals surface area (Å²) in [5.74, 6) is 1.67. The first-order valence-corrected chi connectivity index (χ1v) is 11.6. The van der Waals surface area contributed by atoms with E-state index in [-0.39, 0.29) is 31.9 Å². The Morgan fingerprint density at radius 1 is 1.30 bits per heavy atom. The zero-order chi connectivity index (χ0) is 21.4. The second-order valence-corrected chi connectivity index (χ2v) is 8.38. The minimum absolute atomic E-state index is 0.0873. The third kappa shape index (κ3) is 5.99. The normalized spacial score (nSPS) is 18.8. The highest BCUT2D eigenvalue weighted by atomic mass is 31.2. The molecular formula is C18H28N5O6P. The number of hydrogen-bond acceptors (Lipinski definition) is 10. The van der Waals surface area contributed by atoms with Crippen molar-refractivity contribution >= 4 is 24.6 Å². The van der Waals surface area contributed by atoms with Gasteiger partial charge in [-0.1, -0.05) is 0 Å². The SMILES string of the molecule is CCOP(=O)(/C=C/[C@@H](COn1cnc2c(N)ncnc21)O[C@@H]1CCCCO1)OCC. The molecule has 30 heavy (non-hydrogen) atoms. The van der Waals surface area contributed by atoms with E-state index in [0.29, 0.717) is 17.8 Å². The molecule has 166 valence electrons. The number of imidazole rings is 1. The van der Waals surface area contributed by atoms with Crippen molar-refractivity contribution in [2.75, 3.05) is 32.2 Å². The van der Waals surface area contributed by atoms with Crippen molar-refractivity contribution in [1.29, 1.82) is 0 Å². The van der Waals surface area contributed by atoms with Gasteiger partial charge in [-0.25, -0.2) is 15.0 Å². The van der Waals surface area contributed by atoms with Crippen LogP contribution in [-0.4, -0.2) is 58.5 Å². The van der Waals surface area contributed by atoms with E-state index in [0.717, 1.165) is 19.3 Å². The molecule has 0 spiro atoms. The topological polar surface area (TPSA) is 133 Å². The molecule has 0 aliphatic carbocycles. The van der Waals surface area contributed by atoms with Gasteiger partial charge in [-0.05, 0) is 39.2 Å². The summed E-state index contributed by atoms with van der Waals surface area (Å²) in [6.07, 6.45) is 6.27. The number of nitrogen functional groups attached to an aromatic ring is 1. The summed E-state index contributed by atoms with van der Waals surface area (Å²) >= 11 is 0. The minimum atomic E-state index is -3.37. The predicted octanol–water partition coefficient (Wildman–Crippen LogP) is 2.53. The average molecular weight is 441 g/mol. The Hall–Kier alpha value is -2.04. The van der Waals surface area contributed by atoms with Gasteiger partial charge in [0.1, 0.15) is 25.4 Å². The van der Waals surface area contributed by atoms with E-state index in [1.165, 1.54) is 23.2 Å². The average Bonchev–Trinajstić information content (AvgIpc) is 3.16. The Morgan fingerprint density at radius 3 is 2.80 bits per heavy atom. The molecule has 2 aromatic rings. The fourth-order valence-corrected chi connectivity index (χ4v) is 4.29. The van der Waals surface area contributed by atoms with Crippen LogP contribution in [0.5, 0.6) is 0 Å². The predicted molar refractivity (Wildman–Crippen MR) is 110 cm³/mol. The van der Waals surface area contributed by atoms with Crippen LogP contribution in [0.1, 0.15) is 33.1 Å². The maximum atomic E-state index is 12.8. The van der Waals surface area contributed by atoms with E-state index < -0.39 is 13.7 Å². The Labute approximate surface area is 175 Å². The van der Waals surface area contributed by atoms with Gasteiger partial charge in [0.15, 0.2) is 17.6 Å². The maximum absolute atomic E-state index is 12.8. The highest BCUT2D eigenvalue weighted by Gasteiger charge is 2.23. The lowest BCUT2D eigenvalue weighted by Gasteiger charge is -2.26. The Kier molecular flexibility index (Phi) is 8.17. The van der Waals surface area contributed by atoms with E-state index in [9.17, 15) is 4.57 Å². The molecule has 1 aliphatic rings. The van der Waals surface area contributed by atoms with Gasteiger partial charge in [0, 0.05) is 12.4 Å². The van der Waals surface area contributed by atoms with E-state index in [4.69, 9.17) is 29.1 Å². The number of nitrogens with two attached hydrogens (primary N) is 1. The molecule has 1 saturated heterocycles. The molecule has 11 nitrogen and oxygen atoms in total. The van der Waals surface area contributed by atoms with Crippen LogP contribution in [0, 0.1) is 0 Å². The number of ether oxygens (including phenoxy) is 2. The summed E-state index contributed by atoms with van der Waals surface area (Å²) in [7, 11) is -3.37. The molecule has 0 saturated carbocycles. The second-order valence-electron chi connectivity index (χ2n) is 6.48. The first-order valence-electron chi connectivity index (χ1n) is 9.96. The molecule has 0 amide bonds. The Balaban J connectivity index is 1.73. The van der Waals surface area contributed by atoms with Crippen LogP contribution in [0.4, 0.5) is 5.82 Å². The van der Waals surface area contributed by atoms with Gasteiger partial charge >= 0.3 is 7.60 Å². The molecule has 3 heterocycles. The number of rotatable bonds is 11. The van der Waals surface area contributed by atoms with E-state index in [1.807, 2.05) is 0 Å². The molecule has 2 atom stereocenters. The number of aromatic nitrogens is 4. The molecule has 1 fully saturated rings. The van der Waals surface area contributed by atoms with E-state index >= 15 is 0 Å². The summed E-state index contributed by atoms with van der Waals surface area (Å²) in [6, 6.07) is 0. The summed E-state index contributed by atoms with van der Waals surface area (Å²) in [5, 5.41) is 0. The molecule has 1 aliphatic heterocycles. The third-order valence-electron chi connectivity index (χ3n) is 4.28. The largest absolute Gasteiger partial charge is 0.408 e. The van der Waals surface area contributed by atoms with Gasteiger partial charge in [0.2, 0.25) is 5.65 Å². The van der Waals surface area contributed by atoms with Gasteiger partial charge in [0.05, 0.1) is 13.2 Å². The first kappa shape index (κ1) is 22.6. The number of hydrogen-bond donors (Lipinski definition) is 1. The first-order chi connectivity index (χ1) is 14.5. The van der Waals surface area contributed by atoms with Crippen LogP contribution in [-0.2, 0) is 23.1 Å². The zero-order valence-electron chi connectivity index (χ0n) is 17.2. The van der Waals surface area contributed by atoms with Crippen LogP contribution < -0.4 is 10.6 Å².